The lowest BCUT2D eigenvalue weighted by atomic mass is 10.1. The number of esters is 1. The number of rotatable bonds is 7. The zero-order valence-electron chi connectivity index (χ0n) is 17.9. The first-order chi connectivity index (χ1) is 13.8. The van der Waals surface area contributed by atoms with Crippen LogP contribution < -0.4 is 0 Å². The van der Waals surface area contributed by atoms with E-state index in [0.29, 0.717) is 12.2 Å². The van der Waals surface area contributed by atoms with Crippen molar-refractivity contribution in [1.29, 1.82) is 0 Å². The second kappa shape index (κ2) is 15.8. The fraction of sp³-hybridized carbons (Fsp3) is 0.192. The summed E-state index contributed by atoms with van der Waals surface area (Å²) < 4.78 is 4.83. The Morgan fingerprint density at radius 2 is 1.38 bits per heavy atom. The van der Waals surface area contributed by atoms with Gasteiger partial charge in [0, 0.05) is 12.1 Å². The van der Waals surface area contributed by atoms with Crippen LogP contribution in [-0.2, 0) is 9.53 Å². The standard InChI is InChI=1S/C10H10.C8H15NO2.C8H8/c1-3-9-7-5-6-8-10(9)4-2;1-7(2)8(10)11-6-5-9(3)4;1-2-8-6-4-3-5-7-8/h3-8H,1-2H2;1,5-6H2,2-4H3;2-7H,1H2. The number of hydrogen-bond donors (Lipinski definition) is 0. The van der Waals surface area contributed by atoms with Crippen molar-refractivity contribution in [2.75, 3.05) is 27.2 Å². The first-order valence-corrected chi connectivity index (χ1v) is 9.34. The monoisotopic (exact) mass is 391 g/mol. The number of hydrogen-bond acceptors (Lipinski definition) is 3. The van der Waals surface area contributed by atoms with E-state index in [4.69, 9.17) is 4.74 Å². The normalized spacial score (nSPS) is 9.10. The molecule has 0 heterocycles. The van der Waals surface area contributed by atoms with E-state index in [-0.39, 0.29) is 5.97 Å². The summed E-state index contributed by atoms with van der Waals surface area (Å²) >= 11 is 0. The molecule has 0 bridgehead atoms. The maximum Gasteiger partial charge on any atom is 0.333 e. The number of likely N-dealkylation sites (N-methyl/N-ethyl adjacent to an activating group) is 1. The van der Waals surface area contributed by atoms with Crippen molar-refractivity contribution in [2.45, 2.75) is 6.92 Å². The van der Waals surface area contributed by atoms with Gasteiger partial charge in [0.1, 0.15) is 6.61 Å². The largest absolute Gasteiger partial charge is 0.461 e. The van der Waals surface area contributed by atoms with Crippen molar-refractivity contribution in [3.8, 4) is 0 Å². The average Bonchev–Trinajstić information content (AvgIpc) is 2.74. The van der Waals surface area contributed by atoms with Crippen LogP contribution in [0.5, 0.6) is 0 Å². The van der Waals surface area contributed by atoms with E-state index in [2.05, 4.69) is 26.3 Å². The van der Waals surface area contributed by atoms with Gasteiger partial charge in [-0.2, -0.15) is 0 Å². The molecular weight excluding hydrogens is 358 g/mol. The maximum absolute atomic E-state index is 10.8. The lowest BCUT2D eigenvalue weighted by molar-refractivity contribution is -0.139. The fourth-order valence-electron chi connectivity index (χ4n) is 1.92. The molecule has 3 heteroatoms. The molecule has 0 spiro atoms. The SMILES string of the molecule is C=C(C)C(=O)OCCN(C)C.C=Cc1ccccc1.C=Cc1ccccc1C=C. The summed E-state index contributed by atoms with van der Waals surface area (Å²) in [6, 6.07) is 18.0. The van der Waals surface area contributed by atoms with E-state index in [1.807, 2.05) is 91.8 Å². The minimum atomic E-state index is -0.313. The van der Waals surface area contributed by atoms with E-state index in [9.17, 15) is 4.79 Å². The summed E-state index contributed by atoms with van der Waals surface area (Å²) in [4.78, 5) is 12.7. The second-order valence-electron chi connectivity index (χ2n) is 6.37. The molecule has 0 N–H and O–H groups in total. The zero-order valence-corrected chi connectivity index (χ0v) is 17.9. The molecule has 0 saturated carbocycles. The number of benzene rings is 2. The van der Waals surface area contributed by atoms with Crippen molar-refractivity contribution in [3.05, 3.63) is 103 Å². The van der Waals surface area contributed by atoms with Crippen LogP contribution in [0.15, 0.2) is 86.5 Å². The Morgan fingerprint density at radius 1 is 0.897 bits per heavy atom. The quantitative estimate of drug-likeness (QED) is 0.430. The molecule has 0 aliphatic carbocycles. The Balaban J connectivity index is 0.000000410. The summed E-state index contributed by atoms with van der Waals surface area (Å²) in [6.45, 7) is 17.3. The van der Waals surface area contributed by atoms with Gasteiger partial charge in [0.2, 0.25) is 0 Å². The molecule has 2 rings (SSSR count). The van der Waals surface area contributed by atoms with Crippen LogP contribution >= 0.6 is 0 Å². The van der Waals surface area contributed by atoms with Gasteiger partial charge < -0.3 is 9.64 Å². The van der Waals surface area contributed by atoms with E-state index < -0.39 is 0 Å². The van der Waals surface area contributed by atoms with Gasteiger partial charge in [-0.3, -0.25) is 0 Å². The van der Waals surface area contributed by atoms with Gasteiger partial charge in [0.05, 0.1) is 0 Å². The first-order valence-electron chi connectivity index (χ1n) is 9.34. The molecule has 2 aromatic carbocycles. The Hall–Kier alpha value is -3.17. The molecular formula is C26H33NO2. The minimum Gasteiger partial charge on any atom is -0.461 e. The van der Waals surface area contributed by atoms with Crippen molar-refractivity contribution in [3.63, 3.8) is 0 Å². The predicted molar refractivity (Wildman–Crippen MR) is 127 cm³/mol. The number of carbonyl (C=O) groups excluding carboxylic acids is 1. The maximum atomic E-state index is 10.8. The lowest BCUT2D eigenvalue weighted by Crippen LogP contribution is -2.20. The van der Waals surface area contributed by atoms with Gasteiger partial charge in [-0.25, -0.2) is 4.79 Å². The van der Waals surface area contributed by atoms with Gasteiger partial charge in [0.25, 0.3) is 0 Å². The van der Waals surface area contributed by atoms with Crippen molar-refractivity contribution in [2.24, 2.45) is 0 Å². The summed E-state index contributed by atoms with van der Waals surface area (Å²) in [5.41, 5.74) is 3.89. The molecule has 0 aliphatic heterocycles. The van der Waals surface area contributed by atoms with Crippen LogP contribution in [0.4, 0.5) is 0 Å². The van der Waals surface area contributed by atoms with E-state index in [1.54, 1.807) is 6.92 Å². The third-order valence-electron chi connectivity index (χ3n) is 3.59. The highest BCUT2D eigenvalue weighted by molar-refractivity contribution is 5.86. The van der Waals surface area contributed by atoms with Crippen LogP contribution in [-0.4, -0.2) is 38.1 Å². The average molecular weight is 392 g/mol. The van der Waals surface area contributed by atoms with Gasteiger partial charge in [-0.15, -0.1) is 0 Å². The minimum absolute atomic E-state index is 0.313. The van der Waals surface area contributed by atoms with Gasteiger partial charge >= 0.3 is 5.97 Å². The molecule has 0 saturated heterocycles. The molecule has 0 unspecified atom stereocenters. The molecule has 154 valence electrons. The molecule has 0 amide bonds. The second-order valence-corrected chi connectivity index (χ2v) is 6.37. The molecule has 0 radical (unpaired) electrons. The van der Waals surface area contributed by atoms with Gasteiger partial charge in [0.15, 0.2) is 0 Å². The molecule has 3 nitrogen and oxygen atoms in total. The topological polar surface area (TPSA) is 29.5 Å². The van der Waals surface area contributed by atoms with Crippen molar-refractivity contribution in [1.82, 2.24) is 4.90 Å². The molecule has 0 aromatic heterocycles. The smallest absolute Gasteiger partial charge is 0.333 e. The summed E-state index contributed by atoms with van der Waals surface area (Å²) in [5, 5.41) is 0. The van der Waals surface area contributed by atoms with Crippen LogP contribution in [0, 0.1) is 0 Å². The van der Waals surface area contributed by atoms with Crippen LogP contribution in [0.2, 0.25) is 0 Å². The van der Waals surface area contributed by atoms with Gasteiger partial charge in [-0.1, -0.05) is 99.1 Å². The van der Waals surface area contributed by atoms with Crippen LogP contribution in [0.1, 0.15) is 23.6 Å². The highest BCUT2D eigenvalue weighted by atomic mass is 16.5. The molecule has 0 atom stereocenters. The molecule has 0 aliphatic rings. The Bertz CT molecular complexity index is 749. The number of carbonyl (C=O) groups is 1. The summed E-state index contributed by atoms with van der Waals surface area (Å²) in [5.74, 6) is -0.313. The van der Waals surface area contributed by atoms with Crippen LogP contribution in [0.3, 0.4) is 0 Å². The molecule has 0 fully saturated rings. The van der Waals surface area contributed by atoms with Crippen molar-refractivity contribution < 1.29 is 9.53 Å². The summed E-state index contributed by atoms with van der Waals surface area (Å²) in [7, 11) is 3.85. The third kappa shape index (κ3) is 12.8. The Morgan fingerprint density at radius 3 is 1.72 bits per heavy atom. The van der Waals surface area contributed by atoms with Gasteiger partial charge in [-0.05, 0) is 37.7 Å². The van der Waals surface area contributed by atoms with E-state index >= 15 is 0 Å². The molecule has 29 heavy (non-hydrogen) atoms. The third-order valence-corrected chi connectivity index (χ3v) is 3.59. The highest BCUT2D eigenvalue weighted by Gasteiger charge is 2.01. The number of nitrogens with zero attached hydrogens (tertiary/aromatic N) is 1. The highest BCUT2D eigenvalue weighted by Crippen LogP contribution is 2.10. The van der Waals surface area contributed by atoms with Crippen molar-refractivity contribution >= 4 is 24.2 Å². The predicted octanol–water partition coefficient (Wildman–Crippen LogP) is 5.97. The van der Waals surface area contributed by atoms with Crippen LogP contribution in [0.25, 0.3) is 18.2 Å². The zero-order chi connectivity index (χ0) is 22.1. The number of ether oxygens (including phenoxy) is 1. The first kappa shape index (κ1) is 25.8. The van der Waals surface area contributed by atoms with E-state index in [0.717, 1.165) is 17.7 Å². The molecule has 2 aromatic rings. The lowest BCUT2D eigenvalue weighted by Gasteiger charge is -2.09. The summed E-state index contributed by atoms with van der Waals surface area (Å²) in [6.07, 6.45) is 5.49. The fourth-order valence-corrected chi connectivity index (χ4v) is 1.92. The Labute approximate surface area is 176 Å². The van der Waals surface area contributed by atoms with E-state index in [1.165, 1.54) is 5.56 Å². The Kier molecular flexibility index (Phi) is 14.1.